The number of fused-ring (bicyclic) bond motifs is 1. The van der Waals surface area contributed by atoms with E-state index in [2.05, 4.69) is 0 Å². The summed E-state index contributed by atoms with van der Waals surface area (Å²) in [6.45, 7) is 17.1. The number of halogens is 2. The van der Waals surface area contributed by atoms with Gasteiger partial charge in [0.1, 0.15) is 29.3 Å². The molecule has 2 aliphatic heterocycles. The van der Waals surface area contributed by atoms with E-state index in [0.29, 0.717) is 52.1 Å². The minimum atomic E-state index is -4.75. The summed E-state index contributed by atoms with van der Waals surface area (Å²) < 4.78 is 117. The highest BCUT2D eigenvalue weighted by Gasteiger charge is 2.95. The predicted octanol–water partition coefficient (Wildman–Crippen LogP) is 6.12. The van der Waals surface area contributed by atoms with Gasteiger partial charge in [0.25, 0.3) is 22.8 Å². The van der Waals surface area contributed by atoms with Gasteiger partial charge >= 0.3 is 27.0 Å². The van der Waals surface area contributed by atoms with Crippen LogP contribution in [0.4, 0.5) is 8.78 Å². The van der Waals surface area contributed by atoms with Crippen LogP contribution < -0.4 is 22.5 Å². The van der Waals surface area contributed by atoms with Crippen LogP contribution >= 0.6 is 62.7 Å². The second kappa shape index (κ2) is 32.4. The number of carbonyl (C=O) groups excluding carboxylic acids is 3. The van der Waals surface area contributed by atoms with Gasteiger partial charge in [0.15, 0.2) is 39.5 Å². The number of carbonyl (C=O) groups is 3. The van der Waals surface area contributed by atoms with Crippen LogP contribution in [0.15, 0.2) is 43.7 Å². The van der Waals surface area contributed by atoms with Crippen molar-refractivity contribution in [3.63, 3.8) is 0 Å². The Morgan fingerprint density at radius 1 is 0.630 bits per heavy atom. The molecule has 0 bridgehead atoms. The Balaban J connectivity index is 1.05. The third-order valence-corrected chi connectivity index (χ3v) is 23.3. The molecule has 28 nitrogen and oxygen atoms in total. The number of aromatic amines is 2. The van der Waals surface area contributed by atoms with E-state index in [1.807, 2.05) is 30.7 Å². The Labute approximate surface area is 548 Å². The van der Waals surface area contributed by atoms with Crippen molar-refractivity contribution in [2.24, 2.45) is 21.7 Å². The highest BCUT2D eigenvalue weighted by Crippen LogP contribution is 2.72. The average molecular weight is 1430 g/mol. The molecule has 36 heteroatoms. The van der Waals surface area contributed by atoms with Gasteiger partial charge in [-0.05, 0) is 57.8 Å². The lowest BCUT2D eigenvalue weighted by atomic mass is 9.80. The molecule has 2 aromatic rings. The zero-order valence-electron chi connectivity index (χ0n) is 53.8. The van der Waals surface area contributed by atoms with E-state index in [9.17, 15) is 68.2 Å². The maximum Gasteiger partial charge on any atom is 0.475 e. The topological polar surface area (TPSA) is 389 Å². The van der Waals surface area contributed by atoms with Crippen LogP contribution in [0.25, 0.3) is 0 Å². The summed E-state index contributed by atoms with van der Waals surface area (Å²) in [6, 6.07) is 1.84. The van der Waals surface area contributed by atoms with E-state index in [1.54, 1.807) is 48.5 Å². The van der Waals surface area contributed by atoms with E-state index >= 15 is 8.78 Å². The SMILES string of the molecule is CC(C)(C)C(=O)SCCCCOP(=O)(OCCCCSC(=O)C(C)(C)CCC(C)(C)C(=O)SCCOCCOP(=O)(OCCOCCSC(O)C(C)(C)C)OC[C@@]1(F)O[C@@H](n2ccc(=O)[nH]c2=O)[C@](C)(O)[C@@H]1O)OC1[C@]2(O)[C@@](C)(O)[C@H](n3ccc(=O)[nH]c3=O)O[C@]12F. The summed E-state index contributed by atoms with van der Waals surface area (Å²) in [5.74, 6) is -5.20. The summed E-state index contributed by atoms with van der Waals surface area (Å²) in [7, 11) is -9.49. The molecular weight excluding hydrogens is 1340 g/mol. The molecule has 3 fully saturated rings. The Morgan fingerprint density at radius 3 is 1.54 bits per heavy atom. The van der Waals surface area contributed by atoms with Crippen molar-refractivity contribution in [3.8, 4) is 0 Å². The molecular formula is C56H90F2N4O24P2S4. The molecule has 2 aromatic heterocycles. The highest BCUT2D eigenvalue weighted by atomic mass is 32.2. The van der Waals surface area contributed by atoms with E-state index in [1.165, 1.54) is 11.8 Å². The Morgan fingerprint density at radius 2 is 1.09 bits per heavy atom. The second-order valence-electron chi connectivity index (χ2n) is 26.1. The van der Waals surface area contributed by atoms with Gasteiger partial charge in [-0.15, -0.1) is 11.8 Å². The number of unbranched alkanes of at least 4 members (excludes halogenated alkanes) is 2. The Kier molecular flexibility index (Phi) is 28.3. The molecule has 0 amide bonds. The highest BCUT2D eigenvalue weighted by molar-refractivity contribution is 8.14. The van der Waals surface area contributed by atoms with Gasteiger partial charge in [-0.1, -0.05) is 105 Å². The first-order chi connectivity index (χ1) is 42.4. The summed E-state index contributed by atoms with van der Waals surface area (Å²) in [4.78, 5) is 91.5. The van der Waals surface area contributed by atoms with Crippen molar-refractivity contribution in [2.75, 3.05) is 82.5 Å². The molecule has 0 aromatic carbocycles. The monoisotopic (exact) mass is 1430 g/mol. The van der Waals surface area contributed by atoms with Crippen molar-refractivity contribution in [1.82, 2.24) is 19.1 Å². The maximum atomic E-state index is 16.4. The fourth-order valence-corrected chi connectivity index (χ4v) is 15.4. The molecule has 0 spiro atoms. The van der Waals surface area contributed by atoms with Crippen LogP contribution in [0.1, 0.15) is 134 Å². The molecule has 2 saturated heterocycles. The number of hydrogen-bond acceptors (Lipinski definition) is 28. The summed E-state index contributed by atoms with van der Waals surface area (Å²) >= 11 is 4.44. The van der Waals surface area contributed by atoms with E-state index in [4.69, 9.17) is 46.1 Å². The molecule has 3 aliphatic rings. The molecule has 0 radical (unpaired) electrons. The quantitative estimate of drug-likeness (QED) is 0.0225. The number of thioether (sulfide) groups is 4. The zero-order valence-corrected chi connectivity index (χ0v) is 58.9. The molecule has 1 aliphatic carbocycles. The minimum absolute atomic E-state index is 0.0161. The first-order valence-corrected chi connectivity index (χ1v) is 36.7. The first kappa shape index (κ1) is 80.2. The van der Waals surface area contributed by atoms with Crippen molar-refractivity contribution in [2.45, 2.75) is 180 Å². The van der Waals surface area contributed by atoms with Gasteiger partial charge in [0.05, 0.1) is 52.9 Å². The fraction of sp³-hybridized carbons (Fsp3) is 0.804. The van der Waals surface area contributed by atoms with Gasteiger partial charge < -0.3 is 44.5 Å². The van der Waals surface area contributed by atoms with Crippen LogP contribution in [0.3, 0.4) is 0 Å². The molecule has 1 saturated carbocycles. The number of phosphoric acid groups is 2. The van der Waals surface area contributed by atoms with Crippen molar-refractivity contribution >= 4 is 78.0 Å². The second-order valence-corrected chi connectivity index (χ2v) is 33.8. The van der Waals surface area contributed by atoms with Crippen molar-refractivity contribution in [3.05, 3.63) is 66.2 Å². The largest absolute Gasteiger partial charge is 0.475 e. The van der Waals surface area contributed by atoms with Crippen LogP contribution in [-0.4, -0.2) is 189 Å². The number of aromatic nitrogens is 4. The summed E-state index contributed by atoms with van der Waals surface area (Å²) in [5.41, 5.74) is -15.1. The van der Waals surface area contributed by atoms with Gasteiger partial charge in [0, 0.05) is 63.8 Å². The van der Waals surface area contributed by atoms with E-state index in [-0.39, 0.29) is 79.0 Å². The van der Waals surface area contributed by atoms with Crippen LogP contribution in [0.2, 0.25) is 0 Å². The van der Waals surface area contributed by atoms with Gasteiger partial charge in [-0.3, -0.25) is 70.2 Å². The minimum Gasteiger partial charge on any atom is -0.384 e. The lowest BCUT2D eigenvalue weighted by Crippen LogP contribution is -2.51. The van der Waals surface area contributed by atoms with Gasteiger partial charge in [0.2, 0.25) is 0 Å². The number of alkyl halides is 2. The fourth-order valence-electron chi connectivity index (χ4n) is 9.00. The molecule has 92 heavy (non-hydrogen) atoms. The number of aliphatic hydroxyl groups excluding tert-OH is 2. The third kappa shape index (κ3) is 20.5. The normalized spacial score (nSPS) is 27.6. The third-order valence-electron chi connectivity index (χ3n) is 15.1. The van der Waals surface area contributed by atoms with Crippen LogP contribution in [-0.2, 0) is 69.6 Å². The summed E-state index contributed by atoms with van der Waals surface area (Å²) in [6.07, 6.45) is -4.44. The van der Waals surface area contributed by atoms with Crippen molar-refractivity contribution < 1.29 is 104 Å². The van der Waals surface area contributed by atoms with Crippen LogP contribution in [0, 0.1) is 21.7 Å². The number of ether oxygens (including phenoxy) is 4. The Hall–Kier alpha value is -2.51. The molecule has 7 N–H and O–H groups in total. The lowest BCUT2D eigenvalue weighted by molar-refractivity contribution is -0.205. The first-order valence-electron chi connectivity index (χ1n) is 29.7. The lowest BCUT2D eigenvalue weighted by Gasteiger charge is -2.32. The van der Waals surface area contributed by atoms with E-state index in [0.717, 1.165) is 73.7 Å². The number of nitrogens with zero attached hydrogens (tertiary/aromatic N) is 2. The summed E-state index contributed by atoms with van der Waals surface area (Å²) in [5, 5.41) is 54.7. The maximum absolute atomic E-state index is 16.4. The Bertz CT molecular complexity index is 3180. The molecule has 4 heterocycles. The smallest absolute Gasteiger partial charge is 0.384 e. The molecule has 526 valence electrons. The molecule has 5 rings (SSSR count). The number of H-pyrrole nitrogens is 2. The standard InChI is InChI=1S/C56H90F2N4O24P2S4/c1-48(2,3)42(66)89-31-15-13-23-79-88(76,86-39-55(74)53(12,73)41(85-56(39,55)58)62-22-18-37(64)60-47(62)71)80-24-14-16-32-90-44(68)50(7,8)19-20-51(9,10)45(69)92-34-30-78-26-28-82-87(75,81-27-25-77-29-33-91-43(67)49(4,5)6)83-35-54(57)38(65)52(11,72)40(84-54)61-21-17-36(63)59-46(61)70/h17-18,21-22,38-41,43,65,67,72-74H,13-16,19-20,23-35H2,1-12H3,(H,59,63,70)(H,60,64,71)/t38-,39?,40+,41+,43?,52+,53-,54+,55-,56+,87?,88?/m0/s1. The molecule has 12 atom stereocenters. The van der Waals surface area contributed by atoms with E-state index < -0.39 is 133 Å². The van der Waals surface area contributed by atoms with Gasteiger partial charge in [-0.25, -0.2) is 27.5 Å². The zero-order chi connectivity index (χ0) is 69.2. The van der Waals surface area contributed by atoms with Crippen LogP contribution in [0.5, 0.6) is 0 Å². The van der Waals surface area contributed by atoms with Gasteiger partial charge in [-0.2, -0.15) is 0 Å². The van der Waals surface area contributed by atoms with Crippen molar-refractivity contribution in [1.29, 1.82) is 0 Å². The number of hydrogen-bond donors (Lipinski definition) is 7. The predicted molar refractivity (Wildman–Crippen MR) is 339 cm³/mol. The molecule has 4 unspecified atom stereocenters. The average Bonchev–Trinajstić information content (AvgIpc) is 1.47. The number of phosphoric ester groups is 2. The number of aliphatic hydroxyl groups is 5. The number of nitrogens with one attached hydrogen (secondary N) is 2. The number of rotatable bonds is 39.